The van der Waals surface area contributed by atoms with Gasteiger partial charge in [-0.15, -0.1) is 0 Å². The van der Waals surface area contributed by atoms with E-state index >= 15 is 4.39 Å². The van der Waals surface area contributed by atoms with Gasteiger partial charge >= 0.3 is 0 Å². The van der Waals surface area contributed by atoms with Crippen molar-refractivity contribution in [2.45, 2.75) is 89.6 Å². The summed E-state index contributed by atoms with van der Waals surface area (Å²) in [6, 6.07) is 0. The van der Waals surface area contributed by atoms with Gasteiger partial charge in [-0.05, 0) is 87.9 Å². The first kappa shape index (κ1) is 15.1. The Bertz CT molecular complexity index is 411. The molecule has 0 spiro atoms. The molecular formula is C20H31FO. The predicted octanol–water partition coefficient (Wildman–Crippen LogP) is 5.47. The highest BCUT2D eigenvalue weighted by molar-refractivity contribution is 5.89. The fourth-order valence-corrected chi connectivity index (χ4v) is 7.09. The van der Waals surface area contributed by atoms with E-state index in [-0.39, 0.29) is 17.1 Å². The molecule has 0 aliphatic heterocycles. The summed E-state index contributed by atoms with van der Waals surface area (Å²) < 4.78 is 15.4. The van der Waals surface area contributed by atoms with Crippen LogP contribution in [-0.4, -0.2) is 11.5 Å². The summed E-state index contributed by atoms with van der Waals surface area (Å²) >= 11 is 0. The fourth-order valence-electron chi connectivity index (χ4n) is 7.09. The van der Waals surface area contributed by atoms with Crippen LogP contribution < -0.4 is 0 Å². The second kappa shape index (κ2) is 5.31. The highest BCUT2D eigenvalue weighted by Crippen LogP contribution is 2.62. The normalized spacial score (nSPS) is 44.0. The van der Waals surface area contributed by atoms with E-state index < -0.39 is 5.67 Å². The average Bonchev–Trinajstić information content (AvgIpc) is 2.44. The number of carbonyl (C=O) groups excluding carboxylic acids is 1. The van der Waals surface area contributed by atoms with Gasteiger partial charge in [-0.2, -0.15) is 0 Å². The number of rotatable bonds is 4. The van der Waals surface area contributed by atoms with E-state index in [1.807, 2.05) is 0 Å². The van der Waals surface area contributed by atoms with E-state index in [1.54, 1.807) is 6.92 Å². The number of hydrogen-bond donors (Lipinski definition) is 0. The number of ketones is 1. The number of hydrogen-bond acceptors (Lipinski definition) is 1. The van der Waals surface area contributed by atoms with Crippen LogP contribution in [0, 0.1) is 29.1 Å². The van der Waals surface area contributed by atoms with Crippen LogP contribution in [0.2, 0.25) is 0 Å². The van der Waals surface area contributed by atoms with E-state index in [0.717, 1.165) is 43.4 Å². The molecule has 5 aliphatic carbocycles. The minimum Gasteiger partial charge on any atom is -0.296 e. The van der Waals surface area contributed by atoms with Crippen LogP contribution in [0.3, 0.4) is 0 Å². The van der Waals surface area contributed by atoms with Crippen LogP contribution >= 0.6 is 0 Å². The van der Waals surface area contributed by atoms with Gasteiger partial charge in [0.1, 0.15) is 0 Å². The minimum atomic E-state index is -1.58. The summed E-state index contributed by atoms with van der Waals surface area (Å²) in [4.78, 5) is 12.8. The maximum Gasteiger partial charge on any atom is 0.172 e. The summed E-state index contributed by atoms with van der Waals surface area (Å²) in [5.41, 5.74) is -1.41. The van der Waals surface area contributed by atoms with Gasteiger partial charge in [0.05, 0.1) is 0 Å². The molecule has 0 radical (unpaired) electrons. The average molecular weight is 306 g/mol. The maximum absolute atomic E-state index is 15.4. The molecule has 5 saturated carbocycles. The van der Waals surface area contributed by atoms with Gasteiger partial charge in [-0.25, -0.2) is 4.39 Å². The van der Waals surface area contributed by atoms with Gasteiger partial charge in [0, 0.05) is 5.92 Å². The van der Waals surface area contributed by atoms with Crippen molar-refractivity contribution >= 4 is 5.78 Å². The highest BCUT2D eigenvalue weighted by Gasteiger charge is 2.54. The van der Waals surface area contributed by atoms with E-state index in [9.17, 15) is 4.79 Å². The first-order valence-corrected chi connectivity index (χ1v) is 9.69. The SMILES string of the molecule is CC(F)(CC12CC3CC(CC(C3)C1)C2)C(=O)C1CCCCC1. The third-order valence-corrected chi connectivity index (χ3v) is 7.36. The Morgan fingerprint density at radius 3 is 2.00 bits per heavy atom. The molecule has 124 valence electrons. The van der Waals surface area contributed by atoms with E-state index in [2.05, 4.69) is 0 Å². The molecule has 0 heterocycles. The second-order valence-corrected chi connectivity index (χ2v) is 9.49. The lowest BCUT2D eigenvalue weighted by Gasteiger charge is -2.58. The molecule has 0 aromatic rings. The Labute approximate surface area is 134 Å². The van der Waals surface area contributed by atoms with Gasteiger partial charge in [0.25, 0.3) is 0 Å². The van der Waals surface area contributed by atoms with Gasteiger partial charge in [-0.3, -0.25) is 4.79 Å². The number of Topliss-reactive ketones (excluding diaryl/α,β-unsaturated/α-hetero) is 1. The van der Waals surface area contributed by atoms with Crippen LogP contribution in [0.15, 0.2) is 0 Å². The third-order valence-electron chi connectivity index (χ3n) is 7.36. The van der Waals surface area contributed by atoms with Crippen molar-refractivity contribution in [3.8, 4) is 0 Å². The molecule has 5 aliphatic rings. The Kier molecular flexibility index (Phi) is 3.66. The first-order chi connectivity index (χ1) is 10.5. The van der Waals surface area contributed by atoms with Gasteiger partial charge in [-0.1, -0.05) is 19.3 Å². The van der Waals surface area contributed by atoms with Crippen LogP contribution in [0.25, 0.3) is 0 Å². The fraction of sp³-hybridized carbons (Fsp3) is 0.950. The molecular weight excluding hydrogens is 275 g/mol. The lowest BCUT2D eigenvalue weighted by atomic mass is 9.47. The Morgan fingerprint density at radius 1 is 1.00 bits per heavy atom. The zero-order chi connectivity index (χ0) is 15.4. The summed E-state index contributed by atoms with van der Waals surface area (Å²) in [7, 11) is 0. The molecule has 0 aromatic carbocycles. The molecule has 5 fully saturated rings. The Morgan fingerprint density at radius 2 is 1.50 bits per heavy atom. The number of alkyl halides is 1. The largest absolute Gasteiger partial charge is 0.296 e. The minimum absolute atomic E-state index is 0.0117. The van der Waals surface area contributed by atoms with E-state index in [1.165, 1.54) is 44.9 Å². The number of carbonyl (C=O) groups is 1. The second-order valence-electron chi connectivity index (χ2n) is 9.49. The molecule has 1 atom stereocenters. The van der Waals surface area contributed by atoms with Crippen molar-refractivity contribution in [1.29, 1.82) is 0 Å². The van der Waals surface area contributed by atoms with Crippen molar-refractivity contribution < 1.29 is 9.18 Å². The van der Waals surface area contributed by atoms with Crippen LogP contribution in [0.5, 0.6) is 0 Å². The van der Waals surface area contributed by atoms with Crippen LogP contribution in [0.1, 0.15) is 84.0 Å². The molecule has 2 heteroatoms. The predicted molar refractivity (Wildman–Crippen MR) is 86.3 cm³/mol. The van der Waals surface area contributed by atoms with E-state index in [4.69, 9.17) is 0 Å². The monoisotopic (exact) mass is 306 g/mol. The van der Waals surface area contributed by atoms with Crippen molar-refractivity contribution in [3.63, 3.8) is 0 Å². The molecule has 0 N–H and O–H groups in total. The zero-order valence-corrected chi connectivity index (χ0v) is 14.1. The van der Waals surface area contributed by atoms with Crippen molar-refractivity contribution in [2.75, 3.05) is 0 Å². The Hall–Kier alpha value is -0.400. The van der Waals surface area contributed by atoms with Gasteiger partial charge in [0.15, 0.2) is 11.5 Å². The Balaban J connectivity index is 1.48. The summed E-state index contributed by atoms with van der Waals surface area (Å²) in [6.07, 6.45) is 13.6. The standard InChI is InChI=1S/C20H31FO/c1-19(21,18(22)17-5-3-2-4-6-17)13-20-10-14-7-15(11-20)9-16(8-14)12-20/h14-17H,2-13H2,1H3. The van der Waals surface area contributed by atoms with Crippen LogP contribution in [0.4, 0.5) is 4.39 Å². The maximum atomic E-state index is 15.4. The van der Waals surface area contributed by atoms with Crippen LogP contribution in [-0.2, 0) is 4.79 Å². The van der Waals surface area contributed by atoms with Gasteiger partial charge < -0.3 is 0 Å². The molecule has 5 rings (SSSR count). The summed E-state index contributed by atoms with van der Waals surface area (Å²) in [6.45, 7) is 1.61. The summed E-state index contributed by atoms with van der Waals surface area (Å²) in [5, 5.41) is 0. The first-order valence-electron chi connectivity index (χ1n) is 9.69. The van der Waals surface area contributed by atoms with Crippen molar-refractivity contribution in [3.05, 3.63) is 0 Å². The molecule has 22 heavy (non-hydrogen) atoms. The van der Waals surface area contributed by atoms with E-state index in [0.29, 0.717) is 6.42 Å². The number of halogens is 1. The molecule has 1 nitrogen and oxygen atoms in total. The molecule has 0 aromatic heterocycles. The van der Waals surface area contributed by atoms with Crippen molar-refractivity contribution in [1.82, 2.24) is 0 Å². The molecule has 4 bridgehead atoms. The topological polar surface area (TPSA) is 17.1 Å². The molecule has 0 amide bonds. The molecule has 0 saturated heterocycles. The zero-order valence-electron chi connectivity index (χ0n) is 14.1. The molecule has 1 unspecified atom stereocenters. The smallest absolute Gasteiger partial charge is 0.172 e. The lowest BCUT2D eigenvalue weighted by Crippen LogP contribution is -2.50. The van der Waals surface area contributed by atoms with Gasteiger partial charge in [0.2, 0.25) is 0 Å². The third kappa shape index (κ3) is 2.65. The lowest BCUT2D eigenvalue weighted by molar-refractivity contribution is -0.142. The summed E-state index contributed by atoms with van der Waals surface area (Å²) in [5.74, 6) is 2.48. The van der Waals surface area contributed by atoms with Crippen molar-refractivity contribution in [2.24, 2.45) is 29.1 Å². The quantitative estimate of drug-likeness (QED) is 0.673. The highest BCUT2D eigenvalue weighted by atomic mass is 19.1.